The molecule has 13 heavy (non-hydrogen) atoms. The van der Waals surface area contributed by atoms with Gasteiger partial charge in [-0.15, -0.1) is 0 Å². The first-order chi connectivity index (χ1) is 6.20. The molecule has 5 heteroatoms. The first-order valence-corrected chi connectivity index (χ1v) is 4.42. The molecular weight excluding hydrogens is 172 g/mol. The Balaban J connectivity index is 2.13. The summed E-state index contributed by atoms with van der Waals surface area (Å²) >= 11 is 0. The van der Waals surface area contributed by atoms with Crippen molar-refractivity contribution in [2.24, 2.45) is 5.73 Å². The van der Waals surface area contributed by atoms with Crippen LogP contribution in [0.25, 0.3) is 0 Å². The molecule has 1 fully saturated rings. The molecule has 1 aliphatic rings. The summed E-state index contributed by atoms with van der Waals surface area (Å²) in [5.41, 5.74) is 5.08. The minimum Gasteiger partial charge on any atom is -0.368 e. The fourth-order valence-electron chi connectivity index (χ4n) is 1.07. The molecule has 2 unspecified atom stereocenters. The lowest BCUT2D eigenvalue weighted by Crippen LogP contribution is -2.44. The van der Waals surface area contributed by atoms with E-state index in [1.165, 1.54) is 0 Å². The van der Waals surface area contributed by atoms with E-state index >= 15 is 0 Å². The van der Waals surface area contributed by atoms with Gasteiger partial charge in [-0.3, -0.25) is 4.79 Å². The number of primary amides is 1. The van der Waals surface area contributed by atoms with Crippen LogP contribution in [0.4, 0.5) is 0 Å². The maximum absolute atomic E-state index is 10.7. The van der Waals surface area contributed by atoms with E-state index in [0.717, 1.165) is 13.0 Å². The third-order valence-electron chi connectivity index (χ3n) is 2.05. The van der Waals surface area contributed by atoms with E-state index in [1.807, 2.05) is 0 Å². The molecule has 1 amide bonds. The lowest BCUT2D eigenvalue weighted by molar-refractivity contribution is -0.138. The molecule has 0 aromatic carbocycles. The van der Waals surface area contributed by atoms with Gasteiger partial charge in [0.2, 0.25) is 5.91 Å². The second kappa shape index (κ2) is 5.16. The summed E-state index contributed by atoms with van der Waals surface area (Å²) in [6, 6.07) is -0.300. The van der Waals surface area contributed by atoms with Crippen molar-refractivity contribution in [1.29, 1.82) is 0 Å². The fraction of sp³-hybridized carbons (Fsp3) is 0.875. The summed E-state index contributed by atoms with van der Waals surface area (Å²) in [6.45, 7) is 3.45. The van der Waals surface area contributed by atoms with Crippen molar-refractivity contribution in [2.75, 3.05) is 19.9 Å². The molecule has 2 atom stereocenters. The Kier molecular flexibility index (Phi) is 4.14. The second-order valence-corrected chi connectivity index (χ2v) is 3.14. The third-order valence-corrected chi connectivity index (χ3v) is 2.05. The standard InChI is InChI=1S/C8H16N2O3/c1-6(8(9)11)10-4-7-2-3-12-5-13-7/h6-7,10H,2-5H2,1H3,(H2,9,11). The Morgan fingerprint density at radius 2 is 2.54 bits per heavy atom. The highest BCUT2D eigenvalue weighted by atomic mass is 16.7. The average molecular weight is 188 g/mol. The van der Waals surface area contributed by atoms with Gasteiger partial charge in [0.1, 0.15) is 6.79 Å². The average Bonchev–Trinajstić information content (AvgIpc) is 2.15. The van der Waals surface area contributed by atoms with Crippen LogP contribution in [0.3, 0.4) is 0 Å². The summed E-state index contributed by atoms with van der Waals surface area (Å²) in [7, 11) is 0. The monoisotopic (exact) mass is 188 g/mol. The van der Waals surface area contributed by atoms with Gasteiger partial charge in [0.05, 0.1) is 18.8 Å². The molecule has 0 bridgehead atoms. The van der Waals surface area contributed by atoms with Gasteiger partial charge in [0.25, 0.3) is 0 Å². The highest BCUT2D eigenvalue weighted by Gasteiger charge is 2.16. The van der Waals surface area contributed by atoms with E-state index in [2.05, 4.69) is 5.32 Å². The van der Waals surface area contributed by atoms with Crippen molar-refractivity contribution in [2.45, 2.75) is 25.5 Å². The van der Waals surface area contributed by atoms with Crippen molar-refractivity contribution in [3.05, 3.63) is 0 Å². The molecule has 1 saturated heterocycles. The molecule has 1 aliphatic heterocycles. The first kappa shape index (κ1) is 10.4. The van der Waals surface area contributed by atoms with Crippen LogP contribution in [0.15, 0.2) is 0 Å². The van der Waals surface area contributed by atoms with Crippen molar-refractivity contribution in [1.82, 2.24) is 5.32 Å². The molecule has 0 aromatic heterocycles. The lowest BCUT2D eigenvalue weighted by atomic mass is 10.2. The van der Waals surface area contributed by atoms with Gasteiger partial charge < -0.3 is 20.5 Å². The topological polar surface area (TPSA) is 73.6 Å². The molecule has 0 aromatic rings. The number of carbonyl (C=O) groups is 1. The molecule has 5 nitrogen and oxygen atoms in total. The highest BCUT2D eigenvalue weighted by molar-refractivity contribution is 5.79. The fourth-order valence-corrected chi connectivity index (χ4v) is 1.07. The van der Waals surface area contributed by atoms with Crippen molar-refractivity contribution in [3.8, 4) is 0 Å². The van der Waals surface area contributed by atoms with Gasteiger partial charge in [0, 0.05) is 6.54 Å². The van der Waals surface area contributed by atoms with Gasteiger partial charge in [-0.05, 0) is 13.3 Å². The zero-order valence-electron chi connectivity index (χ0n) is 7.79. The molecule has 0 aliphatic carbocycles. The van der Waals surface area contributed by atoms with E-state index in [4.69, 9.17) is 15.2 Å². The molecule has 0 saturated carbocycles. The van der Waals surface area contributed by atoms with E-state index in [9.17, 15) is 4.79 Å². The van der Waals surface area contributed by atoms with Crippen molar-refractivity contribution < 1.29 is 14.3 Å². The molecule has 3 N–H and O–H groups in total. The molecule has 1 rings (SSSR count). The van der Waals surface area contributed by atoms with E-state index in [1.54, 1.807) is 6.92 Å². The smallest absolute Gasteiger partial charge is 0.234 e. The van der Waals surface area contributed by atoms with Gasteiger partial charge in [-0.2, -0.15) is 0 Å². The quantitative estimate of drug-likeness (QED) is 0.606. The Bertz CT molecular complexity index is 169. The zero-order chi connectivity index (χ0) is 9.68. The van der Waals surface area contributed by atoms with Crippen LogP contribution in [0.2, 0.25) is 0 Å². The van der Waals surface area contributed by atoms with Crippen LogP contribution < -0.4 is 11.1 Å². The van der Waals surface area contributed by atoms with Crippen LogP contribution in [-0.4, -0.2) is 38.0 Å². The Labute approximate surface area is 77.6 Å². The summed E-state index contributed by atoms with van der Waals surface area (Å²) < 4.78 is 10.3. The van der Waals surface area contributed by atoms with Gasteiger partial charge in [-0.25, -0.2) is 0 Å². The van der Waals surface area contributed by atoms with Crippen LogP contribution in [0.1, 0.15) is 13.3 Å². The molecule has 76 valence electrons. The van der Waals surface area contributed by atoms with E-state index in [-0.39, 0.29) is 18.1 Å². The number of nitrogens with two attached hydrogens (primary N) is 1. The first-order valence-electron chi connectivity index (χ1n) is 4.42. The minimum absolute atomic E-state index is 0.135. The maximum atomic E-state index is 10.7. The molecular formula is C8H16N2O3. The van der Waals surface area contributed by atoms with Gasteiger partial charge >= 0.3 is 0 Å². The third kappa shape index (κ3) is 3.71. The van der Waals surface area contributed by atoms with Gasteiger partial charge in [-0.1, -0.05) is 0 Å². The predicted octanol–water partition coefficient (Wildman–Crippen LogP) is -0.787. The largest absolute Gasteiger partial charge is 0.368 e. The van der Waals surface area contributed by atoms with Crippen LogP contribution in [0.5, 0.6) is 0 Å². The molecule has 0 spiro atoms. The number of ether oxygens (including phenoxy) is 2. The second-order valence-electron chi connectivity index (χ2n) is 3.14. The van der Waals surface area contributed by atoms with E-state index < -0.39 is 0 Å². The highest BCUT2D eigenvalue weighted by Crippen LogP contribution is 2.04. The molecule has 0 radical (unpaired) electrons. The number of carbonyl (C=O) groups excluding carboxylic acids is 1. The summed E-state index contributed by atoms with van der Waals surface area (Å²) in [5.74, 6) is -0.341. The van der Waals surface area contributed by atoms with Crippen LogP contribution in [0, 0.1) is 0 Å². The minimum atomic E-state index is -0.341. The van der Waals surface area contributed by atoms with Crippen molar-refractivity contribution in [3.63, 3.8) is 0 Å². The van der Waals surface area contributed by atoms with Crippen LogP contribution >= 0.6 is 0 Å². The predicted molar refractivity (Wildman–Crippen MR) is 47.0 cm³/mol. The summed E-state index contributed by atoms with van der Waals surface area (Å²) in [4.78, 5) is 10.7. The number of hydrogen-bond acceptors (Lipinski definition) is 4. The van der Waals surface area contributed by atoms with Crippen molar-refractivity contribution >= 4 is 5.91 Å². The SMILES string of the molecule is CC(NCC1CCOCO1)C(N)=O. The summed E-state index contributed by atoms with van der Waals surface area (Å²) in [5, 5.41) is 3.00. The number of amides is 1. The Morgan fingerprint density at radius 3 is 3.08 bits per heavy atom. The normalized spacial score (nSPS) is 25.5. The summed E-state index contributed by atoms with van der Waals surface area (Å²) in [6.07, 6.45) is 0.994. The zero-order valence-corrected chi connectivity index (χ0v) is 7.79. The van der Waals surface area contributed by atoms with E-state index in [0.29, 0.717) is 13.3 Å². The maximum Gasteiger partial charge on any atom is 0.234 e. The van der Waals surface area contributed by atoms with Crippen LogP contribution in [-0.2, 0) is 14.3 Å². The lowest BCUT2D eigenvalue weighted by Gasteiger charge is -2.24. The Hall–Kier alpha value is -0.650. The number of nitrogens with one attached hydrogen (secondary N) is 1. The number of rotatable bonds is 4. The Morgan fingerprint density at radius 1 is 1.77 bits per heavy atom. The number of hydrogen-bond donors (Lipinski definition) is 2. The van der Waals surface area contributed by atoms with Gasteiger partial charge in [0.15, 0.2) is 0 Å². The molecule has 1 heterocycles.